The number of hydrogen-bond donors (Lipinski definition) is 1. The monoisotopic (exact) mass is 437 g/mol. The third-order valence-corrected chi connectivity index (χ3v) is 5.91. The SMILES string of the molecule is CCCCC(O)CN(Cc1c(-c2ccccc2)nn(C)c1Oc1cccc(F)c1)C1CC1. The second-order valence-electron chi connectivity index (χ2n) is 8.64. The van der Waals surface area contributed by atoms with Gasteiger partial charge >= 0.3 is 0 Å². The van der Waals surface area contributed by atoms with Gasteiger partial charge in [-0.2, -0.15) is 5.10 Å². The van der Waals surface area contributed by atoms with E-state index < -0.39 is 0 Å². The summed E-state index contributed by atoms with van der Waals surface area (Å²) in [6.45, 7) is 3.40. The van der Waals surface area contributed by atoms with E-state index in [2.05, 4.69) is 11.8 Å². The molecule has 2 aromatic carbocycles. The van der Waals surface area contributed by atoms with Crippen molar-refractivity contribution in [1.29, 1.82) is 0 Å². The molecule has 0 aliphatic heterocycles. The summed E-state index contributed by atoms with van der Waals surface area (Å²) >= 11 is 0. The van der Waals surface area contributed by atoms with Crippen molar-refractivity contribution < 1.29 is 14.2 Å². The van der Waals surface area contributed by atoms with Gasteiger partial charge in [0.2, 0.25) is 5.88 Å². The zero-order chi connectivity index (χ0) is 22.5. The van der Waals surface area contributed by atoms with Gasteiger partial charge in [-0.15, -0.1) is 0 Å². The number of aliphatic hydroxyl groups excluding tert-OH is 1. The van der Waals surface area contributed by atoms with Crippen LogP contribution in [0.1, 0.15) is 44.6 Å². The molecule has 1 aliphatic rings. The van der Waals surface area contributed by atoms with Crippen LogP contribution in [0.5, 0.6) is 11.6 Å². The number of aliphatic hydroxyl groups is 1. The molecule has 4 rings (SSSR count). The number of nitrogens with zero attached hydrogens (tertiary/aromatic N) is 3. The van der Waals surface area contributed by atoms with Crippen LogP contribution in [0.4, 0.5) is 4.39 Å². The van der Waals surface area contributed by atoms with E-state index >= 15 is 0 Å². The molecule has 0 saturated heterocycles. The van der Waals surface area contributed by atoms with Crippen molar-refractivity contribution in [3.8, 4) is 22.9 Å². The topological polar surface area (TPSA) is 50.5 Å². The normalized spacial score (nSPS) is 14.7. The largest absolute Gasteiger partial charge is 0.439 e. The highest BCUT2D eigenvalue weighted by Gasteiger charge is 2.32. The summed E-state index contributed by atoms with van der Waals surface area (Å²) in [5, 5.41) is 15.4. The van der Waals surface area contributed by atoms with E-state index in [1.54, 1.807) is 16.8 Å². The Morgan fingerprint density at radius 2 is 1.97 bits per heavy atom. The van der Waals surface area contributed by atoms with Crippen molar-refractivity contribution in [3.63, 3.8) is 0 Å². The lowest BCUT2D eigenvalue weighted by Gasteiger charge is -2.25. The first kappa shape index (κ1) is 22.5. The van der Waals surface area contributed by atoms with Crippen molar-refractivity contribution in [1.82, 2.24) is 14.7 Å². The molecular formula is C26H32FN3O2. The molecule has 1 unspecified atom stereocenters. The Balaban J connectivity index is 1.67. The fourth-order valence-corrected chi connectivity index (χ4v) is 4.08. The van der Waals surface area contributed by atoms with Gasteiger partial charge in [-0.05, 0) is 31.4 Å². The Bertz CT molecular complexity index is 1020. The molecule has 1 atom stereocenters. The average molecular weight is 438 g/mol. The average Bonchev–Trinajstić information content (AvgIpc) is 3.59. The van der Waals surface area contributed by atoms with Crippen LogP contribution < -0.4 is 4.74 Å². The molecular weight excluding hydrogens is 405 g/mol. The Hall–Kier alpha value is -2.70. The molecule has 1 aliphatic carbocycles. The number of hydrogen-bond acceptors (Lipinski definition) is 4. The first-order chi connectivity index (χ1) is 15.5. The Morgan fingerprint density at radius 3 is 2.66 bits per heavy atom. The number of ether oxygens (including phenoxy) is 1. The summed E-state index contributed by atoms with van der Waals surface area (Å²) in [6.07, 6.45) is 4.84. The number of aryl methyl sites for hydroxylation is 1. The highest BCUT2D eigenvalue weighted by Crippen LogP contribution is 2.37. The van der Waals surface area contributed by atoms with Gasteiger partial charge in [0, 0.05) is 37.8 Å². The van der Waals surface area contributed by atoms with E-state index in [-0.39, 0.29) is 11.9 Å². The number of aromatic nitrogens is 2. The molecule has 0 radical (unpaired) electrons. The fourth-order valence-electron chi connectivity index (χ4n) is 4.08. The van der Waals surface area contributed by atoms with Gasteiger partial charge in [0.15, 0.2) is 0 Å². The number of rotatable bonds is 11. The lowest BCUT2D eigenvalue weighted by molar-refractivity contribution is 0.0951. The second-order valence-corrected chi connectivity index (χ2v) is 8.64. The van der Waals surface area contributed by atoms with E-state index in [1.807, 2.05) is 37.4 Å². The van der Waals surface area contributed by atoms with Crippen LogP contribution in [-0.2, 0) is 13.6 Å². The maximum atomic E-state index is 13.8. The van der Waals surface area contributed by atoms with Crippen molar-refractivity contribution in [2.75, 3.05) is 6.54 Å². The summed E-state index contributed by atoms with van der Waals surface area (Å²) in [7, 11) is 1.85. The molecule has 1 fully saturated rings. The lowest BCUT2D eigenvalue weighted by Crippen LogP contribution is -2.34. The summed E-state index contributed by atoms with van der Waals surface area (Å²) in [4.78, 5) is 2.35. The molecule has 5 nitrogen and oxygen atoms in total. The minimum Gasteiger partial charge on any atom is -0.439 e. The van der Waals surface area contributed by atoms with Crippen molar-refractivity contribution in [3.05, 3.63) is 66.0 Å². The Morgan fingerprint density at radius 1 is 1.19 bits per heavy atom. The van der Waals surface area contributed by atoms with E-state index in [4.69, 9.17) is 9.84 Å². The standard InChI is InChI=1S/C26H32FN3O2/c1-3-4-12-22(31)17-30(21-14-15-21)18-24-25(19-9-6-5-7-10-19)28-29(2)26(24)32-23-13-8-11-20(27)16-23/h5-11,13,16,21-22,31H,3-4,12,14-15,17-18H2,1-2H3. The minimum absolute atomic E-state index is 0.340. The van der Waals surface area contributed by atoms with Gasteiger partial charge in [-0.3, -0.25) is 4.90 Å². The lowest BCUT2D eigenvalue weighted by atomic mass is 10.1. The zero-order valence-corrected chi connectivity index (χ0v) is 18.9. The third kappa shape index (κ3) is 5.56. The molecule has 1 heterocycles. The van der Waals surface area contributed by atoms with E-state index in [0.717, 1.165) is 48.9 Å². The highest BCUT2D eigenvalue weighted by atomic mass is 19.1. The summed E-state index contributed by atoms with van der Waals surface area (Å²) in [5.41, 5.74) is 2.82. The molecule has 1 N–H and O–H groups in total. The van der Waals surface area contributed by atoms with Crippen LogP contribution in [0.3, 0.4) is 0 Å². The summed E-state index contributed by atoms with van der Waals surface area (Å²) < 4.78 is 21.7. The Labute approximate surface area is 189 Å². The third-order valence-electron chi connectivity index (χ3n) is 5.91. The van der Waals surface area contributed by atoms with Crippen molar-refractivity contribution in [2.45, 2.75) is 57.7 Å². The molecule has 32 heavy (non-hydrogen) atoms. The molecule has 1 saturated carbocycles. The summed E-state index contributed by atoms with van der Waals surface area (Å²) in [6, 6.07) is 16.7. The molecule has 1 aromatic heterocycles. The van der Waals surface area contributed by atoms with Gasteiger partial charge in [0.1, 0.15) is 17.3 Å². The predicted molar refractivity (Wildman–Crippen MR) is 124 cm³/mol. The Kier molecular flexibility index (Phi) is 7.22. The molecule has 0 bridgehead atoms. The number of benzene rings is 2. The molecule has 3 aromatic rings. The van der Waals surface area contributed by atoms with E-state index in [1.165, 1.54) is 12.1 Å². The van der Waals surface area contributed by atoms with Crippen LogP contribution >= 0.6 is 0 Å². The maximum Gasteiger partial charge on any atom is 0.222 e. The van der Waals surface area contributed by atoms with Crippen LogP contribution in [0, 0.1) is 5.82 Å². The smallest absolute Gasteiger partial charge is 0.222 e. The van der Waals surface area contributed by atoms with Crippen LogP contribution in [0.2, 0.25) is 0 Å². The predicted octanol–water partition coefficient (Wildman–Crippen LogP) is 5.53. The molecule has 0 amide bonds. The fraction of sp³-hybridized carbons (Fsp3) is 0.423. The number of halogens is 1. The molecule has 170 valence electrons. The minimum atomic E-state index is -0.347. The molecule has 0 spiro atoms. The van der Waals surface area contributed by atoms with Crippen molar-refractivity contribution in [2.24, 2.45) is 7.05 Å². The summed E-state index contributed by atoms with van der Waals surface area (Å²) in [5.74, 6) is 0.700. The van der Waals surface area contributed by atoms with Crippen molar-refractivity contribution >= 4 is 0 Å². The van der Waals surface area contributed by atoms with Gasteiger partial charge < -0.3 is 9.84 Å². The quantitative estimate of drug-likeness (QED) is 0.428. The first-order valence-electron chi connectivity index (χ1n) is 11.5. The zero-order valence-electron chi connectivity index (χ0n) is 18.9. The van der Waals surface area contributed by atoms with Crippen LogP contribution in [-0.4, -0.2) is 38.5 Å². The highest BCUT2D eigenvalue weighted by molar-refractivity contribution is 5.65. The van der Waals surface area contributed by atoms with Crippen LogP contribution in [0.25, 0.3) is 11.3 Å². The van der Waals surface area contributed by atoms with Gasteiger partial charge in [-0.25, -0.2) is 9.07 Å². The van der Waals surface area contributed by atoms with Gasteiger partial charge in [-0.1, -0.05) is 56.2 Å². The first-order valence-corrected chi connectivity index (χ1v) is 11.5. The molecule has 6 heteroatoms. The van der Waals surface area contributed by atoms with E-state index in [0.29, 0.717) is 30.8 Å². The van der Waals surface area contributed by atoms with Gasteiger partial charge in [0.25, 0.3) is 0 Å². The number of unbranched alkanes of at least 4 members (excludes halogenated alkanes) is 1. The maximum absolute atomic E-state index is 13.8. The van der Waals surface area contributed by atoms with Gasteiger partial charge in [0.05, 0.1) is 11.7 Å². The van der Waals surface area contributed by atoms with Crippen LogP contribution in [0.15, 0.2) is 54.6 Å². The second kappa shape index (κ2) is 10.3. The van der Waals surface area contributed by atoms with E-state index in [9.17, 15) is 9.50 Å².